The van der Waals surface area contributed by atoms with Gasteiger partial charge in [0.1, 0.15) is 11.5 Å². The molecule has 25 heavy (non-hydrogen) atoms. The van der Waals surface area contributed by atoms with Crippen LogP contribution in [0.1, 0.15) is 24.0 Å². The zero-order valence-corrected chi connectivity index (χ0v) is 14.1. The SMILES string of the molecule is O=P(O)(O)Nc1ccc(O)cc1C(O)(O)CCCc1cccc(O)c1. The van der Waals surface area contributed by atoms with Crippen molar-refractivity contribution in [1.29, 1.82) is 0 Å². The van der Waals surface area contributed by atoms with Crippen molar-refractivity contribution in [3.8, 4) is 11.5 Å². The third-order valence-corrected chi connectivity index (χ3v) is 4.13. The van der Waals surface area contributed by atoms with Crippen LogP contribution in [-0.2, 0) is 16.8 Å². The molecule has 0 unspecified atom stereocenters. The summed E-state index contributed by atoms with van der Waals surface area (Å²) in [7, 11) is -4.66. The summed E-state index contributed by atoms with van der Waals surface area (Å²) in [5, 5.41) is 41.5. The Morgan fingerprint density at radius 2 is 1.68 bits per heavy atom. The van der Waals surface area contributed by atoms with Gasteiger partial charge in [-0.05, 0) is 48.7 Å². The van der Waals surface area contributed by atoms with Crippen molar-refractivity contribution in [3.63, 3.8) is 0 Å². The van der Waals surface area contributed by atoms with E-state index in [1.807, 2.05) is 5.09 Å². The lowest BCUT2D eigenvalue weighted by atomic mass is 9.96. The highest BCUT2D eigenvalue weighted by atomic mass is 31.2. The number of anilines is 1. The lowest BCUT2D eigenvalue weighted by Crippen LogP contribution is -2.26. The summed E-state index contributed by atoms with van der Waals surface area (Å²) in [5.74, 6) is -2.57. The summed E-state index contributed by atoms with van der Waals surface area (Å²) in [5.41, 5.74) is 0.375. The van der Waals surface area contributed by atoms with E-state index in [4.69, 9.17) is 9.79 Å². The average Bonchev–Trinajstić information content (AvgIpc) is 2.47. The van der Waals surface area contributed by atoms with Crippen molar-refractivity contribution < 1.29 is 34.8 Å². The van der Waals surface area contributed by atoms with Gasteiger partial charge in [-0.25, -0.2) is 4.57 Å². The Hall–Kier alpha value is -2.09. The van der Waals surface area contributed by atoms with Crippen LogP contribution in [0.5, 0.6) is 11.5 Å². The summed E-state index contributed by atoms with van der Waals surface area (Å²) in [6.45, 7) is 0. The first-order valence-electron chi connectivity index (χ1n) is 7.47. The Morgan fingerprint density at radius 3 is 2.32 bits per heavy atom. The maximum absolute atomic E-state index is 11.1. The van der Waals surface area contributed by atoms with Crippen LogP contribution in [0.25, 0.3) is 0 Å². The molecule has 0 aliphatic heterocycles. The fourth-order valence-electron chi connectivity index (χ4n) is 2.50. The van der Waals surface area contributed by atoms with Gasteiger partial charge in [0.25, 0.3) is 0 Å². The molecule has 136 valence electrons. The smallest absolute Gasteiger partial charge is 0.427 e. The number of benzene rings is 2. The number of rotatable bonds is 7. The Kier molecular flexibility index (Phi) is 5.72. The molecular weight excluding hydrogens is 349 g/mol. The second-order valence-corrected chi connectivity index (χ2v) is 7.04. The van der Waals surface area contributed by atoms with Crippen LogP contribution in [0.3, 0.4) is 0 Å². The maximum Gasteiger partial charge on any atom is 0.427 e. The first kappa shape index (κ1) is 19.2. The minimum atomic E-state index is -4.66. The molecule has 0 aliphatic rings. The van der Waals surface area contributed by atoms with E-state index in [9.17, 15) is 25.0 Å². The number of phenolic OH excluding ortho intramolecular Hbond substituents is 2. The van der Waals surface area contributed by atoms with Crippen molar-refractivity contribution >= 4 is 13.4 Å². The molecular formula is C16H20NO7P. The molecule has 9 heteroatoms. The van der Waals surface area contributed by atoms with Crippen LogP contribution in [0.2, 0.25) is 0 Å². The van der Waals surface area contributed by atoms with Gasteiger partial charge in [-0.2, -0.15) is 0 Å². The van der Waals surface area contributed by atoms with Crippen LogP contribution >= 0.6 is 7.75 Å². The van der Waals surface area contributed by atoms with E-state index < -0.39 is 13.5 Å². The summed E-state index contributed by atoms with van der Waals surface area (Å²) in [6.07, 6.45) is 0.626. The highest BCUT2D eigenvalue weighted by molar-refractivity contribution is 7.53. The van der Waals surface area contributed by atoms with Crippen molar-refractivity contribution in [2.24, 2.45) is 0 Å². The van der Waals surface area contributed by atoms with Gasteiger partial charge in [-0.15, -0.1) is 0 Å². The predicted octanol–water partition coefficient (Wildman–Crippen LogP) is 1.76. The number of hydrogen-bond acceptors (Lipinski definition) is 5. The fourth-order valence-corrected chi connectivity index (χ4v) is 3.01. The van der Waals surface area contributed by atoms with Crippen LogP contribution in [0, 0.1) is 0 Å². The van der Waals surface area contributed by atoms with E-state index in [-0.39, 0.29) is 29.2 Å². The average molecular weight is 369 g/mol. The molecule has 2 aromatic carbocycles. The monoisotopic (exact) mass is 369 g/mol. The van der Waals surface area contributed by atoms with Crippen LogP contribution in [0.4, 0.5) is 5.69 Å². The van der Waals surface area contributed by atoms with Gasteiger partial charge < -0.3 is 30.2 Å². The molecule has 0 saturated carbocycles. The van der Waals surface area contributed by atoms with Crippen molar-refractivity contribution in [2.45, 2.75) is 25.0 Å². The molecule has 0 aromatic heterocycles. The van der Waals surface area contributed by atoms with Gasteiger partial charge in [0.05, 0.1) is 5.69 Å². The molecule has 0 radical (unpaired) electrons. The van der Waals surface area contributed by atoms with E-state index in [1.54, 1.807) is 18.2 Å². The molecule has 0 bridgehead atoms. The van der Waals surface area contributed by atoms with E-state index in [1.165, 1.54) is 12.1 Å². The van der Waals surface area contributed by atoms with Crippen LogP contribution in [-0.4, -0.2) is 30.2 Å². The predicted molar refractivity (Wildman–Crippen MR) is 90.9 cm³/mol. The Morgan fingerprint density at radius 1 is 1.00 bits per heavy atom. The lowest BCUT2D eigenvalue weighted by molar-refractivity contribution is -0.174. The van der Waals surface area contributed by atoms with E-state index in [0.717, 1.165) is 17.7 Å². The second-order valence-electron chi connectivity index (χ2n) is 5.73. The van der Waals surface area contributed by atoms with E-state index >= 15 is 0 Å². The topological polar surface area (TPSA) is 150 Å². The van der Waals surface area contributed by atoms with Gasteiger partial charge in [0.2, 0.25) is 0 Å². The number of phenols is 2. The van der Waals surface area contributed by atoms with Gasteiger partial charge in [0, 0.05) is 12.0 Å². The van der Waals surface area contributed by atoms with Gasteiger partial charge in [-0.1, -0.05) is 12.1 Å². The third kappa shape index (κ3) is 5.74. The molecule has 2 aromatic rings. The van der Waals surface area contributed by atoms with Crippen molar-refractivity contribution in [1.82, 2.24) is 0 Å². The normalized spacial score (nSPS) is 12.2. The molecule has 0 atom stereocenters. The lowest BCUT2D eigenvalue weighted by Gasteiger charge is -2.25. The highest BCUT2D eigenvalue weighted by Gasteiger charge is 2.30. The van der Waals surface area contributed by atoms with Crippen molar-refractivity contribution in [2.75, 3.05) is 5.09 Å². The highest BCUT2D eigenvalue weighted by Crippen LogP contribution is 2.41. The van der Waals surface area contributed by atoms with Gasteiger partial charge >= 0.3 is 7.75 Å². The quantitative estimate of drug-likeness (QED) is 0.222. The zero-order chi connectivity index (χ0) is 18.7. The number of nitrogens with one attached hydrogen (secondary N) is 1. The molecule has 0 aliphatic carbocycles. The van der Waals surface area contributed by atoms with E-state index in [0.29, 0.717) is 12.8 Å². The first-order chi connectivity index (χ1) is 11.6. The second kappa shape index (κ2) is 7.43. The number of aryl methyl sites for hydroxylation is 1. The largest absolute Gasteiger partial charge is 0.508 e. The molecule has 2 rings (SSSR count). The number of aliphatic hydroxyl groups is 2. The Bertz CT molecular complexity index is 788. The Balaban J connectivity index is 2.15. The molecule has 0 saturated heterocycles. The standard InChI is InChI=1S/C16H20NO7P/c18-12-5-1-3-11(9-12)4-2-8-16(20,21)14-10-13(19)6-7-15(14)17-25(22,23)24/h1,3,5-7,9-10,18-21H,2,4,8H2,(H3,17,22,23,24). The summed E-state index contributed by atoms with van der Waals surface area (Å²) in [4.78, 5) is 18.1. The minimum Gasteiger partial charge on any atom is -0.508 e. The first-order valence-corrected chi connectivity index (χ1v) is 9.08. The number of hydrogen-bond donors (Lipinski definition) is 7. The van der Waals surface area contributed by atoms with E-state index in [2.05, 4.69) is 0 Å². The summed E-state index contributed by atoms with van der Waals surface area (Å²) in [6, 6.07) is 9.90. The molecule has 0 heterocycles. The maximum atomic E-state index is 11.1. The minimum absolute atomic E-state index is 0.109. The van der Waals surface area contributed by atoms with Crippen LogP contribution < -0.4 is 5.09 Å². The molecule has 8 nitrogen and oxygen atoms in total. The molecule has 7 N–H and O–H groups in total. The number of aromatic hydroxyl groups is 2. The van der Waals surface area contributed by atoms with Crippen molar-refractivity contribution in [3.05, 3.63) is 53.6 Å². The molecule has 0 fully saturated rings. The summed E-state index contributed by atoms with van der Waals surface area (Å²) >= 11 is 0. The van der Waals surface area contributed by atoms with Gasteiger partial charge in [-0.3, -0.25) is 5.09 Å². The molecule has 0 spiro atoms. The third-order valence-electron chi connectivity index (χ3n) is 3.60. The van der Waals surface area contributed by atoms with Gasteiger partial charge in [0.15, 0.2) is 5.79 Å². The Labute approximate surface area is 144 Å². The zero-order valence-electron chi connectivity index (χ0n) is 13.2. The fraction of sp³-hybridized carbons (Fsp3) is 0.250. The molecule has 0 amide bonds. The van der Waals surface area contributed by atoms with Crippen LogP contribution in [0.15, 0.2) is 42.5 Å². The summed E-state index contributed by atoms with van der Waals surface area (Å²) < 4.78 is 11.1.